The summed E-state index contributed by atoms with van der Waals surface area (Å²) in [5, 5.41) is 0. The highest BCUT2D eigenvalue weighted by atomic mass is 19.1. The highest BCUT2D eigenvalue weighted by Crippen LogP contribution is 2.28. The summed E-state index contributed by atoms with van der Waals surface area (Å²) in [6.45, 7) is 6.02. The van der Waals surface area contributed by atoms with E-state index in [-0.39, 0.29) is 17.8 Å². The van der Waals surface area contributed by atoms with Gasteiger partial charge in [0.25, 0.3) is 0 Å². The number of hydrogen-bond donors (Lipinski definition) is 1. The molecule has 2 unspecified atom stereocenters. The Hall–Kier alpha value is -2.29. The molecule has 1 aliphatic heterocycles. The minimum Gasteiger partial charge on any atom is -0.399 e. The second-order valence-electron chi connectivity index (χ2n) is 5.63. The van der Waals surface area contributed by atoms with Gasteiger partial charge in [-0.2, -0.15) is 0 Å². The maximum absolute atomic E-state index is 13.7. The molecule has 1 aromatic carbocycles. The Kier molecular flexibility index (Phi) is 5.21. The predicted octanol–water partition coefficient (Wildman–Crippen LogP) is 4.61. The number of nitrogens with zero attached hydrogens (tertiary/aromatic N) is 1. The summed E-state index contributed by atoms with van der Waals surface area (Å²) in [7, 11) is 0. The van der Waals surface area contributed by atoms with Gasteiger partial charge in [0.15, 0.2) is 0 Å². The molecule has 2 nitrogen and oxygen atoms in total. The molecule has 1 aromatic rings. The summed E-state index contributed by atoms with van der Waals surface area (Å²) in [5.74, 6) is -0.133. The number of anilines is 1. The number of halogens is 1. The molecular weight excluding hydrogens is 275 g/mol. The molecule has 3 heteroatoms. The summed E-state index contributed by atoms with van der Waals surface area (Å²) in [5.41, 5.74) is 8.89. The number of rotatable bonds is 4. The fourth-order valence-corrected chi connectivity index (χ4v) is 2.58. The molecule has 116 valence electrons. The minimum absolute atomic E-state index is 0.0770. The first-order valence-electron chi connectivity index (χ1n) is 7.52. The maximum Gasteiger partial charge on any atom is 0.122 e. The third-order valence-electron chi connectivity index (χ3n) is 3.73. The Bertz CT molecular complexity index is 623. The smallest absolute Gasteiger partial charge is 0.122 e. The Labute approximate surface area is 132 Å². The molecule has 0 saturated heterocycles. The van der Waals surface area contributed by atoms with Crippen LogP contribution in [0.2, 0.25) is 0 Å². The normalized spacial score (nSPS) is 20.4. The van der Waals surface area contributed by atoms with Crippen LogP contribution in [0.3, 0.4) is 0 Å². The van der Waals surface area contributed by atoms with Crippen molar-refractivity contribution in [3.8, 4) is 0 Å². The van der Waals surface area contributed by atoms with Crippen LogP contribution in [-0.2, 0) is 0 Å². The fourth-order valence-electron chi connectivity index (χ4n) is 2.58. The van der Waals surface area contributed by atoms with Gasteiger partial charge in [-0.25, -0.2) is 4.39 Å². The molecule has 0 aliphatic carbocycles. The summed E-state index contributed by atoms with van der Waals surface area (Å²) < 4.78 is 13.7. The van der Waals surface area contributed by atoms with Gasteiger partial charge in [0.2, 0.25) is 0 Å². The quantitative estimate of drug-likeness (QED) is 0.823. The summed E-state index contributed by atoms with van der Waals surface area (Å²) >= 11 is 0. The summed E-state index contributed by atoms with van der Waals surface area (Å²) in [6, 6.07) is 8.12. The molecule has 0 fully saturated rings. The lowest BCUT2D eigenvalue weighted by Gasteiger charge is -2.34. The van der Waals surface area contributed by atoms with Gasteiger partial charge in [0.05, 0.1) is 6.04 Å². The fraction of sp³-hybridized carbons (Fsp3) is 0.263. The predicted molar refractivity (Wildman–Crippen MR) is 92.0 cm³/mol. The van der Waals surface area contributed by atoms with Crippen molar-refractivity contribution in [3.05, 3.63) is 77.9 Å². The highest BCUT2D eigenvalue weighted by molar-refractivity contribution is 5.55. The lowest BCUT2D eigenvalue weighted by atomic mass is 9.96. The van der Waals surface area contributed by atoms with Crippen molar-refractivity contribution in [2.45, 2.75) is 26.8 Å². The van der Waals surface area contributed by atoms with Crippen LogP contribution in [0.25, 0.3) is 0 Å². The van der Waals surface area contributed by atoms with E-state index >= 15 is 0 Å². The summed E-state index contributed by atoms with van der Waals surface area (Å²) in [6.07, 6.45) is 10.6. The molecule has 2 N–H and O–H groups in total. The van der Waals surface area contributed by atoms with E-state index in [1.54, 1.807) is 12.3 Å². The molecule has 0 spiro atoms. The van der Waals surface area contributed by atoms with Crippen molar-refractivity contribution in [3.63, 3.8) is 0 Å². The SMILES string of the molecule is C/C=C\C(N)=C/C(C)C1C=C(F)C=CN1c1ccc(C)cc1. The molecular formula is C19H23FN2. The van der Waals surface area contributed by atoms with Crippen molar-refractivity contribution in [1.29, 1.82) is 0 Å². The van der Waals surface area contributed by atoms with Crippen molar-refractivity contribution < 1.29 is 4.39 Å². The van der Waals surface area contributed by atoms with Crippen LogP contribution in [0.15, 0.2) is 72.4 Å². The minimum atomic E-state index is -0.210. The zero-order valence-electron chi connectivity index (χ0n) is 13.3. The zero-order valence-corrected chi connectivity index (χ0v) is 13.3. The molecule has 0 aromatic heterocycles. The van der Waals surface area contributed by atoms with E-state index in [4.69, 9.17) is 5.73 Å². The molecule has 1 heterocycles. The maximum atomic E-state index is 13.7. The van der Waals surface area contributed by atoms with Gasteiger partial charge in [-0.3, -0.25) is 0 Å². The summed E-state index contributed by atoms with van der Waals surface area (Å²) in [4.78, 5) is 2.08. The molecule has 0 radical (unpaired) electrons. The van der Waals surface area contributed by atoms with E-state index in [0.29, 0.717) is 5.70 Å². The zero-order chi connectivity index (χ0) is 16.1. The number of aryl methyl sites for hydroxylation is 1. The van der Waals surface area contributed by atoms with Crippen molar-refractivity contribution in [2.24, 2.45) is 11.7 Å². The molecule has 1 aliphatic rings. The van der Waals surface area contributed by atoms with Gasteiger partial charge in [0.1, 0.15) is 5.83 Å². The first-order chi connectivity index (χ1) is 10.5. The largest absolute Gasteiger partial charge is 0.399 e. The average Bonchev–Trinajstić information content (AvgIpc) is 2.48. The standard InChI is InChI=1S/C19H23FN2/c1-4-5-17(21)12-15(3)19-13-16(20)10-11-22(19)18-8-6-14(2)7-9-18/h4-13,15,19H,21H2,1-3H3/b5-4-,17-12+. The van der Waals surface area contributed by atoms with Gasteiger partial charge < -0.3 is 10.6 Å². The molecule has 0 saturated carbocycles. The van der Waals surface area contributed by atoms with E-state index in [1.807, 2.05) is 32.1 Å². The van der Waals surface area contributed by atoms with Crippen LogP contribution in [0.1, 0.15) is 19.4 Å². The third kappa shape index (κ3) is 3.88. The topological polar surface area (TPSA) is 29.3 Å². The molecule has 0 amide bonds. The number of allylic oxidation sites excluding steroid dienone is 4. The highest BCUT2D eigenvalue weighted by Gasteiger charge is 2.23. The van der Waals surface area contributed by atoms with Crippen LogP contribution in [0, 0.1) is 12.8 Å². The van der Waals surface area contributed by atoms with Crippen LogP contribution in [0.4, 0.5) is 10.1 Å². The monoisotopic (exact) mass is 298 g/mol. The van der Waals surface area contributed by atoms with Crippen molar-refractivity contribution >= 4 is 5.69 Å². The number of nitrogens with two attached hydrogens (primary N) is 1. The first kappa shape index (κ1) is 16.1. The van der Waals surface area contributed by atoms with E-state index < -0.39 is 0 Å². The van der Waals surface area contributed by atoms with Gasteiger partial charge in [-0.15, -0.1) is 0 Å². The van der Waals surface area contributed by atoms with Gasteiger partial charge in [-0.1, -0.05) is 36.8 Å². The lowest BCUT2D eigenvalue weighted by Crippen LogP contribution is -2.36. The Morgan fingerprint density at radius 3 is 2.64 bits per heavy atom. The molecule has 2 atom stereocenters. The molecule has 0 bridgehead atoms. The number of benzene rings is 1. The second kappa shape index (κ2) is 7.12. The van der Waals surface area contributed by atoms with Crippen LogP contribution in [0.5, 0.6) is 0 Å². The Morgan fingerprint density at radius 1 is 1.32 bits per heavy atom. The van der Waals surface area contributed by atoms with E-state index in [9.17, 15) is 4.39 Å². The Balaban J connectivity index is 2.30. The molecule has 22 heavy (non-hydrogen) atoms. The van der Waals surface area contributed by atoms with Gasteiger partial charge in [0, 0.05) is 23.5 Å². The number of hydrogen-bond acceptors (Lipinski definition) is 2. The van der Waals surface area contributed by atoms with Crippen molar-refractivity contribution in [1.82, 2.24) is 0 Å². The first-order valence-corrected chi connectivity index (χ1v) is 7.52. The Morgan fingerprint density at radius 2 is 2.00 bits per heavy atom. The molecule has 2 rings (SSSR count). The average molecular weight is 298 g/mol. The second-order valence-corrected chi connectivity index (χ2v) is 5.63. The van der Waals surface area contributed by atoms with Crippen LogP contribution >= 0.6 is 0 Å². The lowest BCUT2D eigenvalue weighted by molar-refractivity contribution is 0.569. The van der Waals surface area contributed by atoms with Gasteiger partial charge in [-0.05, 0) is 44.2 Å². The third-order valence-corrected chi connectivity index (χ3v) is 3.73. The van der Waals surface area contributed by atoms with Gasteiger partial charge >= 0.3 is 0 Å². The van der Waals surface area contributed by atoms with Crippen LogP contribution in [-0.4, -0.2) is 6.04 Å². The van der Waals surface area contributed by atoms with E-state index in [1.165, 1.54) is 11.6 Å². The van der Waals surface area contributed by atoms with Crippen molar-refractivity contribution in [2.75, 3.05) is 4.90 Å². The van der Waals surface area contributed by atoms with E-state index in [2.05, 4.69) is 36.1 Å². The van der Waals surface area contributed by atoms with Crippen LogP contribution < -0.4 is 10.6 Å². The van der Waals surface area contributed by atoms with E-state index in [0.717, 1.165) is 5.69 Å².